The molecule has 3 unspecified atom stereocenters. The predicted octanol–water partition coefficient (Wildman–Crippen LogP) is 1.33. The van der Waals surface area contributed by atoms with Crippen molar-refractivity contribution in [3.63, 3.8) is 0 Å². The van der Waals surface area contributed by atoms with Gasteiger partial charge in [-0.15, -0.1) is 0 Å². The quantitative estimate of drug-likeness (QED) is 0.836. The van der Waals surface area contributed by atoms with Gasteiger partial charge >= 0.3 is 0 Å². The molecule has 2 N–H and O–H groups in total. The van der Waals surface area contributed by atoms with E-state index < -0.39 is 0 Å². The molecule has 0 aromatic heterocycles. The van der Waals surface area contributed by atoms with Crippen molar-refractivity contribution < 1.29 is 4.74 Å². The fourth-order valence-electron chi connectivity index (χ4n) is 3.12. The maximum atomic E-state index is 6.38. The minimum atomic E-state index is 0.150. The van der Waals surface area contributed by atoms with E-state index in [1.165, 1.54) is 11.1 Å². The van der Waals surface area contributed by atoms with Crippen LogP contribution in [-0.4, -0.2) is 37.2 Å². The molecular formula is C14H20N2O. The Hall–Kier alpha value is -0.900. The average molecular weight is 232 g/mol. The van der Waals surface area contributed by atoms with Crippen LogP contribution < -0.4 is 5.73 Å². The number of nitrogens with zero attached hydrogens (tertiary/aromatic N) is 1. The van der Waals surface area contributed by atoms with E-state index in [4.69, 9.17) is 10.5 Å². The van der Waals surface area contributed by atoms with E-state index in [1.54, 1.807) is 0 Å². The van der Waals surface area contributed by atoms with Gasteiger partial charge in [0.25, 0.3) is 0 Å². The topological polar surface area (TPSA) is 38.5 Å². The van der Waals surface area contributed by atoms with Crippen molar-refractivity contribution in [2.45, 2.75) is 31.0 Å². The molecule has 0 radical (unpaired) electrons. The van der Waals surface area contributed by atoms with Crippen LogP contribution >= 0.6 is 0 Å². The molecule has 1 fully saturated rings. The molecule has 1 heterocycles. The molecule has 0 saturated carbocycles. The largest absolute Gasteiger partial charge is 0.380 e. The van der Waals surface area contributed by atoms with Crippen LogP contribution in [0.25, 0.3) is 0 Å². The fourth-order valence-corrected chi connectivity index (χ4v) is 3.12. The van der Waals surface area contributed by atoms with Gasteiger partial charge in [-0.1, -0.05) is 24.3 Å². The Balaban J connectivity index is 1.78. The molecular weight excluding hydrogens is 212 g/mol. The predicted molar refractivity (Wildman–Crippen MR) is 67.8 cm³/mol. The third-order valence-corrected chi connectivity index (χ3v) is 4.26. The highest BCUT2D eigenvalue weighted by atomic mass is 16.5. The average Bonchev–Trinajstić information content (AvgIpc) is 2.97. The summed E-state index contributed by atoms with van der Waals surface area (Å²) in [7, 11) is 2.19. The van der Waals surface area contributed by atoms with Gasteiger partial charge in [-0.3, -0.25) is 4.90 Å². The first-order chi connectivity index (χ1) is 8.27. The number of nitrogens with two attached hydrogens (primary N) is 1. The Kier molecular flexibility index (Phi) is 2.90. The molecule has 3 rings (SSSR count). The third-order valence-electron chi connectivity index (χ3n) is 4.26. The molecule has 1 aromatic rings. The van der Waals surface area contributed by atoms with Crippen molar-refractivity contribution in [2.24, 2.45) is 5.73 Å². The zero-order chi connectivity index (χ0) is 11.8. The van der Waals surface area contributed by atoms with E-state index in [1.807, 2.05) is 0 Å². The smallest absolute Gasteiger partial charge is 0.0622 e. The Bertz CT molecular complexity index is 401. The molecule has 0 bridgehead atoms. The Morgan fingerprint density at radius 2 is 2.18 bits per heavy atom. The van der Waals surface area contributed by atoms with Gasteiger partial charge < -0.3 is 10.5 Å². The van der Waals surface area contributed by atoms with E-state index in [-0.39, 0.29) is 6.04 Å². The molecule has 1 saturated heterocycles. The van der Waals surface area contributed by atoms with Gasteiger partial charge in [-0.25, -0.2) is 0 Å². The van der Waals surface area contributed by atoms with Gasteiger partial charge in [0.05, 0.1) is 6.61 Å². The number of hydrogen-bond acceptors (Lipinski definition) is 3. The van der Waals surface area contributed by atoms with E-state index in [0.29, 0.717) is 12.1 Å². The summed E-state index contributed by atoms with van der Waals surface area (Å²) >= 11 is 0. The number of likely N-dealkylation sites (N-methyl/N-ethyl adjacent to an activating group) is 1. The lowest BCUT2D eigenvalue weighted by molar-refractivity contribution is 0.125. The highest BCUT2D eigenvalue weighted by molar-refractivity contribution is 5.36. The van der Waals surface area contributed by atoms with Crippen molar-refractivity contribution in [1.29, 1.82) is 0 Å². The van der Waals surface area contributed by atoms with Crippen LogP contribution in [0.4, 0.5) is 0 Å². The monoisotopic (exact) mass is 232 g/mol. The summed E-state index contributed by atoms with van der Waals surface area (Å²) in [5.74, 6) is 0. The molecule has 1 aromatic carbocycles. The van der Waals surface area contributed by atoms with Crippen molar-refractivity contribution in [3.8, 4) is 0 Å². The molecule has 0 spiro atoms. The second kappa shape index (κ2) is 4.41. The zero-order valence-corrected chi connectivity index (χ0v) is 10.3. The lowest BCUT2D eigenvalue weighted by Gasteiger charge is -2.32. The second-order valence-electron chi connectivity index (χ2n) is 5.18. The maximum absolute atomic E-state index is 6.38. The summed E-state index contributed by atoms with van der Waals surface area (Å²) in [5, 5.41) is 0. The van der Waals surface area contributed by atoms with Crippen molar-refractivity contribution in [2.75, 3.05) is 20.3 Å². The first kappa shape index (κ1) is 11.2. The zero-order valence-electron chi connectivity index (χ0n) is 10.3. The summed E-state index contributed by atoms with van der Waals surface area (Å²) < 4.78 is 5.47. The van der Waals surface area contributed by atoms with Crippen molar-refractivity contribution in [3.05, 3.63) is 35.4 Å². The number of ether oxygens (including phenoxy) is 1. The lowest BCUT2D eigenvalue weighted by Crippen LogP contribution is -2.44. The van der Waals surface area contributed by atoms with Crippen LogP contribution in [0, 0.1) is 0 Å². The van der Waals surface area contributed by atoms with Gasteiger partial charge in [0, 0.05) is 24.7 Å². The molecule has 1 aliphatic heterocycles. The van der Waals surface area contributed by atoms with Crippen molar-refractivity contribution >= 4 is 0 Å². The van der Waals surface area contributed by atoms with Crippen LogP contribution in [0.5, 0.6) is 0 Å². The van der Waals surface area contributed by atoms with E-state index >= 15 is 0 Å². The minimum absolute atomic E-state index is 0.150. The highest BCUT2D eigenvalue weighted by Gasteiger charge is 2.35. The van der Waals surface area contributed by atoms with Gasteiger partial charge in [0.2, 0.25) is 0 Å². The molecule has 3 heteroatoms. The van der Waals surface area contributed by atoms with Crippen LogP contribution in [0.15, 0.2) is 24.3 Å². The molecule has 1 aliphatic carbocycles. The van der Waals surface area contributed by atoms with E-state index in [2.05, 4.69) is 36.2 Å². The SMILES string of the molecule is CN(C1CCOC1)C1Cc2ccccc2C1N. The molecule has 2 aliphatic rings. The number of benzene rings is 1. The number of rotatable bonds is 2. The second-order valence-corrected chi connectivity index (χ2v) is 5.18. The maximum Gasteiger partial charge on any atom is 0.0622 e. The summed E-state index contributed by atoms with van der Waals surface area (Å²) in [6.07, 6.45) is 2.21. The van der Waals surface area contributed by atoms with Crippen LogP contribution in [0.2, 0.25) is 0 Å². The lowest BCUT2D eigenvalue weighted by atomic mass is 10.1. The molecule has 3 atom stereocenters. The summed E-state index contributed by atoms with van der Waals surface area (Å²) in [4.78, 5) is 2.43. The van der Waals surface area contributed by atoms with Gasteiger partial charge in [0.15, 0.2) is 0 Å². The number of fused-ring (bicyclic) bond motifs is 1. The highest BCUT2D eigenvalue weighted by Crippen LogP contribution is 2.33. The Morgan fingerprint density at radius 1 is 1.35 bits per heavy atom. The molecule has 3 nitrogen and oxygen atoms in total. The van der Waals surface area contributed by atoms with Crippen LogP contribution in [0.3, 0.4) is 0 Å². The summed E-state index contributed by atoms with van der Waals surface area (Å²) in [6.45, 7) is 1.75. The van der Waals surface area contributed by atoms with Gasteiger partial charge in [0.1, 0.15) is 0 Å². The minimum Gasteiger partial charge on any atom is -0.380 e. The normalized spacial score (nSPS) is 32.1. The Morgan fingerprint density at radius 3 is 2.88 bits per heavy atom. The van der Waals surface area contributed by atoms with E-state index in [9.17, 15) is 0 Å². The van der Waals surface area contributed by atoms with Crippen LogP contribution in [-0.2, 0) is 11.2 Å². The summed E-state index contributed by atoms with van der Waals surface area (Å²) in [5.41, 5.74) is 9.11. The first-order valence-electron chi connectivity index (χ1n) is 6.40. The molecule has 92 valence electrons. The first-order valence-corrected chi connectivity index (χ1v) is 6.40. The molecule has 17 heavy (non-hydrogen) atoms. The van der Waals surface area contributed by atoms with Gasteiger partial charge in [-0.2, -0.15) is 0 Å². The summed E-state index contributed by atoms with van der Waals surface area (Å²) in [6, 6.07) is 9.68. The van der Waals surface area contributed by atoms with Gasteiger partial charge in [-0.05, 0) is 31.0 Å². The van der Waals surface area contributed by atoms with Crippen LogP contribution in [0.1, 0.15) is 23.6 Å². The fraction of sp³-hybridized carbons (Fsp3) is 0.571. The molecule has 0 amide bonds. The van der Waals surface area contributed by atoms with E-state index in [0.717, 1.165) is 26.1 Å². The third kappa shape index (κ3) is 1.88. The number of hydrogen-bond donors (Lipinski definition) is 1. The standard InChI is InChI=1S/C14H20N2O/c1-16(11-6-7-17-9-11)13-8-10-4-2-3-5-12(10)14(13)15/h2-5,11,13-14H,6-9,15H2,1H3. The van der Waals surface area contributed by atoms with Crippen molar-refractivity contribution in [1.82, 2.24) is 4.90 Å². The Labute approximate surface area is 103 Å².